The Hall–Kier alpha value is -1.36. The molecule has 2 rings (SSSR count). The highest BCUT2D eigenvalue weighted by Crippen LogP contribution is 2.25. The van der Waals surface area contributed by atoms with Gasteiger partial charge < -0.3 is 4.90 Å². The molecule has 0 saturated heterocycles. The van der Waals surface area contributed by atoms with Crippen molar-refractivity contribution in [2.45, 2.75) is 37.5 Å². The van der Waals surface area contributed by atoms with Gasteiger partial charge >= 0.3 is 0 Å². The van der Waals surface area contributed by atoms with Crippen molar-refractivity contribution >= 4 is 15.7 Å². The summed E-state index contributed by atoms with van der Waals surface area (Å²) in [7, 11) is -1.68. The zero-order valence-corrected chi connectivity index (χ0v) is 12.9. The van der Waals surface area contributed by atoms with Crippen LogP contribution in [0.1, 0.15) is 30.9 Å². The van der Waals surface area contributed by atoms with Gasteiger partial charge in [0.25, 0.3) is 0 Å². The van der Waals surface area contributed by atoms with Gasteiger partial charge in [-0.25, -0.2) is 8.42 Å². The molecule has 0 radical (unpaired) electrons. The van der Waals surface area contributed by atoms with Gasteiger partial charge in [0.2, 0.25) is 5.91 Å². The van der Waals surface area contributed by atoms with Crippen molar-refractivity contribution in [3.63, 3.8) is 0 Å². The number of hydrogen-bond donors (Lipinski definition) is 0. The average molecular weight is 295 g/mol. The summed E-state index contributed by atoms with van der Waals surface area (Å²) >= 11 is 0. The largest absolute Gasteiger partial charge is 0.346 e. The number of sulfone groups is 1. The van der Waals surface area contributed by atoms with E-state index in [2.05, 4.69) is 0 Å². The Morgan fingerprint density at radius 2 is 1.95 bits per heavy atom. The molecule has 0 aromatic heterocycles. The van der Waals surface area contributed by atoms with Crippen molar-refractivity contribution in [1.29, 1.82) is 0 Å². The molecule has 0 spiro atoms. The minimum atomic E-state index is -3.37. The van der Waals surface area contributed by atoms with Crippen molar-refractivity contribution < 1.29 is 13.2 Å². The van der Waals surface area contributed by atoms with Gasteiger partial charge in [0.15, 0.2) is 9.84 Å². The van der Waals surface area contributed by atoms with Gasteiger partial charge in [-0.3, -0.25) is 4.79 Å². The maximum Gasteiger partial charge on any atom is 0.223 e. The van der Waals surface area contributed by atoms with Crippen molar-refractivity contribution in [2.24, 2.45) is 0 Å². The Balaban J connectivity index is 2.09. The number of amides is 1. The molecule has 0 aliphatic heterocycles. The van der Waals surface area contributed by atoms with E-state index in [0.29, 0.717) is 11.4 Å². The summed E-state index contributed by atoms with van der Waals surface area (Å²) < 4.78 is 24.6. The van der Waals surface area contributed by atoms with E-state index in [9.17, 15) is 13.2 Å². The molecule has 1 aliphatic carbocycles. The molecule has 1 aromatic carbocycles. The third kappa shape index (κ3) is 3.20. The lowest BCUT2D eigenvalue weighted by Crippen LogP contribution is -2.28. The van der Waals surface area contributed by atoms with Gasteiger partial charge in [-0.15, -0.1) is 0 Å². The maximum atomic E-state index is 12.3. The quantitative estimate of drug-likeness (QED) is 0.832. The van der Waals surface area contributed by atoms with Crippen LogP contribution in [-0.4, -0.2) is 38.6 Å². The summed E-state index contributed by atoms with van der Waals surface area (Å²) in [6.45, 7) is 2.46. The predicted molar refractivity (Wildman–Crippen MR) is 78.4 cm³/mol. The molecule has 0 heterocycles. The lowest BCUT2D eigenvalue weighted by molar-refractivity contribution is -0.129. The Kier molecular flexibility index (Phi) is 4.48. The molecule has 0 atom stereocenters. The van der Waals surface area contributed by atoms with Gasteiger partial charge in [0.05, 0.1) is 10.6 Å². The Morgan fingerprint density at radius 1 is 1.25 bits per heavy atom. The third-order valence-corrected chi connectivity index (χ3v) is 5.63. The fourth-order valence-electron chi connectivity index (χ4n) is 2.45. The number of carbonyl (C=O) groups excluding carboxylic acids is 1. The highest BCUT2D eigenvalue weighted by molar-refractivity contribution is 7.91. The highest BCUT2D eigenvalue weighted by atomic mass is 32.2. The SMILES string of the molecule is CCN(C)C(=O)CCS(=O)(=O)c1ccc2c(c1)CCC2. The van der Waals surface area contributed by atoms with Crippen molar-refractivity contribution in [3.8, 4) is 0 Å². The zero-order chi connectivity index (χ0) is 14.8. The smallest absolute Gasteiger partial charge is 0.223 e. The first-order chi connectivity index (χ1) is 9.44. The molecule has 0 saturated carbocycles. The molecule has 0 fully saturated rings. The Bertz CT molecular complexity index is 608. The van der Waals surface area contributed by atoms with Crippen molar-refractivity contribution in [3.05, 3.63) is 29.3 Å². The van der Waals surface area contributed by atoms with Crippen LogP contribution < -0.4 is 0 Å². The molecule has 5 heteroatoms. The molecule has 0 unspecified atom stereocenters. The number of fused-ring (bicyclic) bond motifs is 1. The van der Waals surface area contributed by atoms with Gasteiger partial charge in [-0.1, -0.05) is 6.07 Å². The van der Waals surface area contributed by atoms with Crippen LogP contribution in [0.2, 0.25) is 0 Å². The Labute approximate surface area is 120 Å². The summed E-state index contributed by atoms with van der Waals surface area (Å²) in [6, 6.07) is 5.37. The lowest BCUT2D eigenvalue weighted by atomic mass is 10.1. The van der Waals surface area contributed by atoms with E-state index in [1.54, 1.807) is 19.2 Å². The van der Waals surface area contributed by atoms with Crippen LogP contribution in [0.5, 0.6) is 0 Å². The van der Waals surface area contributed by atoms with Gasteiger partial charge in [0.1, 0.15) is 0 Å². The fourth-order valence-corrected chi connectivity index (χ4v) is 3.72. The van der Waals surface area contributed by atoms with Crippen LogP contribution >= 0.6 is 0 Å². The molecular formula is C15H21NO3S. The normalized spacial score (nSPS) is 14.1. The van der Waals surface area contributed by atoms with Gasteiger partial charge in [0, 0.05) is 20.0 Å². The first-order valence-electron chi connectivity index (χ1n) is 7.02. The molecule has 4 nitrogen and oxygen atoms in total. The molecular weight excluding hydrogens is 274 g/mol. The van der Waals surface area contributed by atoms with Gasteiger partial charge in [-0.2, -0.15) is 0 Å². The van der Waals surface area contributed by atoms with E-state index in [4.69, 9.17) is 0 Å². The van der Waals surface area contributed by atoms with Gasteiger partial charge in [-0.05, 0) is 49.4 Å². The minimum absolute atomic E-state index is 0.0454. The van der Waals surface area contributed by atoms with E-state index in [1.807, 2.05) is 13.0 Å². The minimum Gasteiger partial charge on any atom is -0.346 e. The average Bonchev–Trinajstić information content (AvgIpc) is 2.91. The summed E-state index contributed by atoms with van der Waals surface area (Å²) in [5, 5.41) is 0. The molecule has 110 valence electrons. The molecule has 0 bridgehead atoms. The Morgan fingerprint density at radius 3 is 2.65 bits per heavy atom. The summed E-state index contributed by atoms with van der Waals surface area (Å²) in [4.78, 5) is 13.6. The zero-order valence-electron chi connectivity index (χ0n) is 12.1. The molecule has 20 heavy (non-hydrogen) atoms. The number of benzene rings is 1. The molecule has 0 N–H and O–H groups in total. The van der Waals surface area contributed by atoms with E-state index < -0.39 is 9.84 Å². The fraction of sp³-hybridized carbons (Fsp3) is 0.533. The third-order valence-electron chi connectivity index (χ3n) is 3.91. The van der Waals surface area contributed by atoms with Crippen LogP contribution in [0.15, 0.2) is 23.1 Å². The maximum absolute atomic E-state index is 12.3. The summed E-state index contributed by atoms with van der Waals surface area (Å²) in [5.74, 6) is -0.244. The topological polar surface area (TPSA) is 54.5 Å². The first-order valence-corrected chi connectivity index (χ1v) is 8.68. The predicted octanol–water partition coefficient (Wildman–Crippen LogP) is 1.82. The van der Waals surface area contributed by atoms with E-state index >= 15 is 0 Å². The van der Waals surface area contributed by atoms with Crippen LogP contribution in [0, 0.1) is 0 Å². The second kappa shape index (κ2) is 5.95. The lowest BCUT2D eigenvalue weighted by Gasteiger charge is -2.14. The molecule has 1 aliphatic rings. The summed E-state index contributed by atoms with van der Waals surface area (Å²) in [6.07, 6.45) is 3.13. The molecule has 1 aromatic rings. The van der Waals surface area contributed by atoms with E-state index in [0.717, 1.165) is 24.8 Å². The number of hydrogen-bond acceptors (Lipinski definition) is 3. The number of aryl methyl sites for hydroxylation is 2. The van der Waals surface area contributed by atoms with E-state index in [-0.39, 0.29) is 18.1 Å². The number of nitrogens with zero attached hydrogens (tertiary/aromatic N) is 1. The first kappa shape index (κ1) is 15.0. The second-order valence-corrected chi connectivity index (χ2v) is 7.37. The van der Waals surface area contributed by atoms with E-state index in [1.165, 1.54) is 10.5 Å². The van der Waals surface area contributed by atoms with Crippen LogP contribution in [0.25, 0.3) is 0 Å². The second-order valence-electron chi connectivity index (χ2n) is 5.26. The standard InChI is InChI=1S/C15H21NO3S/c1-3-16(2)15(17)9-10-20(18,19)14-8-7-12-5-4-6-13(12)11-14/h7-8,11H,3-6,9-10H2,1-2H3. The van der Waals surface area contributed by atoms with Crippen molar-refractivity contribution in [1.82, 2.24) is 4.90 Å². The van der Waals surface area contributed by atoms with Crippen LogP contribution in [0.4, 0.5) is 0 Å². The highest BCUT2D eigenvalue weighted by Gasteiger charge is 2.20. The monoisotopic (exact) mass is 295 g/mol. The number of carbonyl (C=O) groups is 1. The van der Waals surface area contributed by atoms with Crippen LogP contribution in [-0.2, 0) is 27.5 Å². The molecule has 1 amide bonds. The van der Waals surface area contributed by atoms with Crippen LogP contribution in [0.3, 0.4) is 0 Å². The summed E-state index contributed by atoms with van der Waals surface area (Å²) in [5.41, 5.74) is 2.40. The van der Waals surface area contributed by atoms with Crippen molar-refractivity contribution in [2.75, 3.05) is 19.3 Å². The number of rotatable bonds is 5.